The van der Waals surface area contributed by atoms with Crippen molar-refractivity contribution in [3.05, 3.63) is 17.2 Å². The van der Waals surface area contributed by atoms with E-state index in [0.29, 0.717) is 21.7 Å². The third-order valence-corrected chi connectivity index (χ3v) is 2.93. The first-order chi connectivity index (χ1) is 9.62. The molecule has 0 saturated carbocycles. The Bertz CT molecular complexity index is 686. The molecule has 2 aromatic rings. The molecule has 0 saturated heterocycles. The standard InChI is InChI=1S/C9H10ClN5S2/c10-5-1-2-6-8(15-17-14-6)7(5)13-9(16)12-4-3-11/h1-2H,3-4,11H2,(H2,12,13,16)/i3D2,4D2. The number of hydrogen-bond donors (Lipinski definition) is 3. The number of fused-ring (bicyclic) bond motifs is 1. The van der Waals surface area contributed by atoms with Crippen molar-refractivity contribution in [2.24, 2.45) is 5.73 Å². The summed E-state index contributed by atoms with van der Waals surface area (Å²) in [7, 11) is 0. The van der Waals surface area contributed by atoms with Gasteiger partial charge in [-0.25, -0.2) is 0 Å². The van der Waals surface area contributed by atoms with Gasteiger partial charge in [-0.3, -0.25) is 0 Å². The Hall–Kier alpha value is -1.02. The van der Waals surface area contributed by atoms with Crippen LogP contribution in [-0.2, 0) is 0 Å². The molecule has 1 aromatic carbocycles. The number of nitrogens with one attached hydrogen (secondary N) is 2. The number of aromatic nitrogens is 2. The van der Waals surface area contributed by atoms with Crippen LogP contribution in [0.25, 0.3) is 11.0 Å². The molecule has 8 heteroatoms. The van der Waals surface area contributed by atoms with E-state index in [1.165, 1.54) is 0 Å². The van der Waals surface area contributed by atoms with E-state index in [1.807, 2.05) is 0 Å². The maximum atomic E-state index is 7.53. The van der Waals surface area contributed by atoms with E-state index >= 15 is 0 Å². The van der Waals surface area contributed by atoms with Gasteiger partial charge in [0.05, 0.1) is 25.2 Å². The topological polar surface area (TPSA) is 75.9 Å². The summed E-state index contributed by atoms with van der Waals surface area (Å²) in [5.74, 6) is 0. The summed E-state index contributed by atoms with van der Waals surface area (Å²) in [5.41, 5.74) is 6.60. The molecule has 1 heterocycles. The number of nitrogens with two attached hydrogens (primary N) is 1. The maximum absolute atomic E-state index is 7.53. The van der Waals surface area contributed by atoms with Gasteiger partial charge in [-0.1, -0.05) is 11.6 Å². The first kappa shape index (κ1) is 8.15. The van der Waals surface area contributed by atoms with Crippen molar-refractivity contribution in [1.29, 1.82) is 0 Å². The lowest BCUT2D eigenvalue weighted by molar-refractivity contribution is 0.883. The number of benzene rings is 1. The molecule has 5 nitrogen and oxygen atoms in total. The average molecular weight is 292 g/mol. The van der Waals surface area contributed by atoms with Crippen LogP contribution in [0.2, 0.25) is 5.02 Å². The molecule has 17 heavy (non-hydrogen) atoms. The second-order valence-corrected chi connectivity index (χ2v) is 4.25. The Morgan fingerprint density at radius 3 is 3.18 bits per heavy atom. The zero-order chi connectivity index (χ0) is 15.8. The molecule has 90 valence electrons. The van der Waals surface area contributed by atoms with Crippen LogP contribution in [0.5, 0.6) is 0 Å². The monoisotopic (exact) mass is 291 g/mol. The van der Waals surface area contributed by atoms with Gasteiger partial charge in [0.2, 0.25) is 0 Å². The Kier molecular flexibility index (Phi) is 2.66. The van der Waals surface area contributed by atoms with Crippen LogP contribution in [0.4, 0.5) is 5.69 Å². The zero-order valence-corrected chi connectivity index (χ0v) is 10.7. The van der Waals surface area contributed by atoms with Gasteiger partial charge in [0, 0.05) is 15.7 Å². The summed E-state index contributed by atoms with van der Waals surface area (Å²) >= 11 is 12.0. The Morgan fingerprint density at radius 2 is 2.41 bits per heavy atom. The third kappa shape index (κ3) is 2.81. The van der Waals surface area contributed by atoms with E-state index in [-0.39, 0.29) is 5.11 Å². The van der Waals surface area contributed by atoms with Crippen molar-refractivity contribution in [2.75, 3.05) is 18.3 Å². The molecule has 0 bridgehead atoms. The minimum absolute atomic E-state index is 0.170. The van der Waals surface area contributed by atoms with E-state index in [1.54, 1.807) is 12.1 Å². The largest absolute Gasteiger partial charge is 0.361 e. The number of rotatable bonds is 3. The summed E-state index contributed by atoms with van der Waals surface area (Å²) in [6.07, 6.45) is 0. The summed E-state index contributed by atoms with van der Waals surface area (Å²) in [4.78, 5) is 0. The van der Waals surface area contributed by atoms with Gasteiger partial charge in [-0.15, -0.1) is 0 Å². The van der Waals surface area contributed by atoms with Crippen LogP contribution in [-0.4, -0.2) is 26.9 Å². The molecule has 0 fully saturated rings. The van der Waals surface area contributed by atoms with Crippen molar-refractivity contribution in [3.8, 4) is 0 Å². The fourth-order valence-electron chi connectivity index (χ4n) is 1.18. The number of nitrogens with zero attached hydrogens (tertiary/aromatic N) is 2. The van der Waals surface area contributed by atoms with E-state index < -0.39 is 13.0 Å². The van der Waals surface area contributed by atoms with Crippen molar-refractivity contribution < 1.29 is 5.48 Å². The van der Waals surface area contributed by atoms with Crippen molar-refractivity contribution in [3.63, 3.8) is 0 Å². The first-order valence-electron chi connectivity index (χ1n) is 6.40. The number of thiocarbonyl (C=S) groups is 1. The van der Waals surface area contributed by atoms with E-state index in [2.05, 4.69) is 19.4 Å². The summed E-state index contributed by atoms with van der Waals surface area (Å²) in [6.45, 7) is -5.17. The Labute approximate surface area is 118 Å². The molecule has 1 aromatic heterocycles. The minimum atomic E-state index is -2.61. The summed E-state index contributed by atoms with van der Waals surface area (Å²) < 4.78 is 37.7. The normalized spacial score (nSPS) is 15.6. The molecule has 0 aliphatic rings. The van der Waals surface area contributed by atoms with Crippen LogP contribution in [0.1, 0.15) is 5.48 Å². The van der Waals surface area contributed by atoms with Crippen LogP contribution < -0.4 is 16.4 Å². The van der Waals surface area contributed by atoms with Gasteiger partial charge < -0.3 is 16.4 Å². The predicted octanol–water partition coefficient (Wildman–Crippen LogP) is 1.59. The number of hydrogen-bond acceptors (Lipinski definition) is 5. The fraction of sp³-hybridized carbons (Fsp3) is 0.222. The SMILES string of the molecule is [2H]C([2H])(N)C([2H])([2H])NC(=S)Nc1c(Cl)ccc2nsnc12. The molecule has 0 amide bonds. The molecule has 2 rings (SSSR count). The smallest absolute Gasteiger partial charge is 0.170 e. The van der Waals surface area contributed by atoms with Gasteiger partial charge in [0.1, 0.15) is 11.0 Å². The van der Waals surface area contributed by atoms with E-state index in [4.69, 9.17) is 35.0 Å². The maximum Gasteiger partial charge on any atom is 0.170 e. The van der Waals surface area contributed by atoms with Crippen LogP contribution >= 0.6 is 35.5 Å². The first-order valence-corrected chi connectivity index (χ1v) is 5.92. The molecule has 0 atom stereocenters. The highest BCUT2D eigenvalue weighted by Crippen LogP contribution is 2.29. The van der Waals surface area contributed by atoms with Crippen LogP contribution in [0.3, 0.4) is 0 Å². The fourth-order valence-corrected chi connectivity index (χ4v) is 2.08. The van der Waals surface area contributed by atoms with Gasteiger partial charge in [-0.2, -0.15) is 8.75 Å². The van der Waals surface area contributed by atoms with Crippen molar-refractivity contribution >= 4 is 57.4 Å². The Balaban J connectivity index is 2.23. The van der Waals surface area contributed by atoms with E-state index in [0.717, 1.165) is 11.7 Å². The van der Waals surface area contributed by atoms with Crippen LogP contribution in [0, 0.1) is 0 Å². The van der Waals surface area contributed by atoms with Crippen LogP contribution in [0.15, 0.2) is 12.1 Å². The number of halogens is 1. The third-order valence-electron chi connectivity index (χ3n) is 1.86. The van der Waals surface area contributed by atoms with Crippen molar-refractivity contribution in [2.45, 2.75) is 0 Å². The van der Waals surface area contributed by atoms with Gasteiger partial charge >= 0.3 is 0 Å². The molecule has 0 unspecified atom stereocenters. The minimum Gasteiger partial charge on any atom is -0.361 e. The molecule has 0 aliphatic carbocycles. The predicted molar refractivity (Wildman–Crippen MR) is 75.7 cm³/mol. The van der Waals surface area contributed by atoms with Crippen molar-refractivity contribution in [1.82, 2.24) is 14.1 Å². The average Bonchev–Trinajstić information content (AvgIpc) is 2.79. The van der Waals surface area contributed by atoms with E-state index in [9.17, 15) is 0 Å². The lowest BCUT2D eigenvalue weighted by Crippen LogP contribution is -2.32. The number of anilines is 1. The highest BCUT2D eigenvalue weighted by Gasteiger charge is 2.10. The second-order valence-electron chi connectivity index (χ2n) is 2.90. The second kappa shape index (κ2) is 5.54. The quantitative estimate of drug-likeness (QED) is 0.746. The summed E-state index contributed by atoms with van der Waals surface area (Å²) in [6, 6.07) is 3.30. The summed E-state index contributed by atoms with van der Waals surface area (Å²) in [5, 5.41) is 5.04. The van der Waals surface area contributed by atoms with Gasteiger partial charge in [-0.05, 0) is 24.4 Å². The Morgan fingerprint density at radius 1 is 1.59 bits per heavy atom. The highest BCUT2D eigenvalue weighted by molar-refractivity contribution is 7.80. The molecular weight excluding hydrogens is 278 g/mol. The van der Waals surface area contributed by atoms with Gasteiger partial charge in [0.15, 0.2) is 5.11 Å². The van der Waals surface area contributed by atoms with Gasteiger partial charge in [0.25, 0.3) is 0 Å². The zero-order valence-electron chi connectivity index (χ0n) is 12.3. The molecule has 0 spiro atoms. The lowest BCUT2D eigenvalue weighted by Gasteiger charge is -2.11. The molecular formula is C9H10ClN5S2. The lowest BCUT2D eigenvalue weighted by atomic mass is 10.2. The molecule has 0 aliphatic heterocycles. The molecule has 4 N–H and O–H groups in total. The molecule has 0 radical (unpaired) electrons. The highest BCUT2D eigenvalue weighted by atomic mass is 35.5.